The summed E-state index contributed by atoms with van der Waals surface area (Å²) in [7, 11) is 0. The van der Waals surface area contributed by atoms with Gasteiger partial charge in [0.2, 0.25) is 0 Å². The summed E-state index contributed by atoms with van der Waals surface area (Å²) in [5.41, 5.74) is -0.291. The van der Waals surface area contributed by atoms with Crippen LogP contribution in [0.1, 0.15) is 45.4 Å². The third kappa shape index (κ3) is 1.99. The van der Waals surface area contributed by atoms with Crippen LogP contribution in [0, 0.1) is 5.92 Å². The maximum Gasteiger partial charge on any atom is 0.0546 e. The lowest BCUT2D eigenvalue weighted by atomic mass is 9.67. The number of hydrogen-bond donors (Lipinski definition) is 0. The van der Waals surface area contributed by atoms with Crippen molar-refractivity contribution in [3.05, 3.63) is 0 Å². The van der Waals surface area contributed by atoms with E-state index in [1.807, 2.05) is 0 Å². The predicted octanol–water partition coefficient (Wildman–Crippen LogP) is 2.16. The number of ether oxygens (including phenoxy) is 2. The molecule has 4 nitrogen and oxygen atoms in total. The molecule has 4 heteroatoms. The van der Waals surface area contributed by atoms with E-state index >= 15 is 0 Å². The number of hydroxylamine groups is 2. The molecule has 1 radical (unpaired) electrons. The molecule has 3 rings (SSSR count). The van der Waals surface area contributed by atoms with Gasteiger partial charge in [0.1, 0.15) is 0 Å². The second-order valence-corrected chi connectivity index (χ2v) is 6.48. The quantitative estimate of drug-likeness (QED) is 0.665. The van der Waals surface area contributed by atoms with Crippen molar-refractivity contribution in [2.24, 2.45) is 5.92 Å². The molecule has 0 amide bonds. The zero-order valence-corrected chi connectivity index (χ0v) is 11.3. The minimum atomic E-state index is -0.146. The van der Waals surface area contributed by atoms with E-state index in [-0.39, 0.29) is 11.1 Å². The minimum absolute atomic E-state index is 0.146. The first-order valence-electron chi connectivity index (χ1n) is 7.30. The highest BCUT2D eigenvalue weighted by Gasteiger charge is 2.55. The summed E-state index contributed by atoms with van der Waals surface area (Å²) in [4.78, 5) is 0. The van der Waals surface area contributed by atoms with Crippen molar-refractivity contribution in [1.29, 1.82) is 0 Å². The average molecular weight is 254 g/mol. The second kappa shape index (κ2) is 4.75. The third-order valence-electron chi connectivity index (χ3n) is 5.17. The van der Waals surface area contributed by atoms with Gasteiger partial charge in [0.15, 0.2) is 0 Å². The molecule has 3 saturated heterocycles. The van der Waals surface area contributed by atoms with Crippen molar-refractivity contribution in [3.8, 4) is 0 Å². The fraction of sp³-hybridized carbons (Fsp3) is 1.00. The molecule has 0 aromatic heterocycles. The Labute approximate surface area is 109 Å². The highest BCUT2D eigenvalue weighted by molar-refractivity contribution is 5.05. The first-order chi connectivity index (χ1) is 8.67. The predicted molar refractivity (Wildman–Crippen MR) is 66.5 cm³/mol. The van der Waals surface area contributed by atoms with Crippen LogP contribution in [0.3, 0.4) is 0 Å². The van der Waals surface area contributed by atoms with Gasteiger partial charge in [-0.1, -0.05) is 6.92 Å². The summed E-state index contributed by atoms with van der Waals surface area (Å²) >= 11 is 0. The number of nitrogens with zero attached hydrogens (tertiary/aromatic N) is 1. The van der Waals surface area contributed by atoms with Crippen LogP contribution in [0.2, 0.25) is 0 Å². The summed E-state index contributed by atoms with van der Waals surface area (Å²) in [6.45, 7) is 5.30. The zero-order valence-electron chi connectivity index (χ0n) is 11.3. The maximum atomic E-state index is 13.0. The number of piperidine rings is 1. The molecule has 18 heavy (non-hydrogen) atoms. The van der Waals surface area contributed by atoms with Crippen molar-refractivity contribution >= 4 is 0 Å². The van der Waals surface area contributed by atoms with Crippen LogP contribution in [-0.4, -0.2) is 42.6 Å². The number of rotatable bonds is 0. The van der Waals surface area contributed by atoms with Crippen molar-refractivity contribution in [2.45, 2.75) is 56.5 Å². The molecule has 0 aliphatic carbocycles. The molecule has 3 fully saturated rings. The molecule has 0 aromatic rings. The molecule has 2 spiro atoms. The molecule has 0 atom stereocenters. The summed E-state index contributed by atoms with van der Waals surface area (Å²) in [5, 5.41) is 14.5. The Morgan fingerprint density at radius 3 is 1.67 bits per heavy atom. The lowest BCUT2D eigenvalue weighted by Crippen LogP contribution is -2.66. The summed E-state index contributed by atoms with van der Waals surface area (Å²) in [5.74, 6) is 0.645. The molecule has 3 aliphatic heterocycles. The molecular formula is C14H24NO3. The SMILES string of the molecule is CC1CC2(CCOCC2)N([O])C2(CCOCC2)C1. The maximum absolute atomic E-state index is 13.0. The van der Waals surface area contributed by atoms with Crippen LogP contribution >= 0.6 is 0 Å². The van der Waals surface area contributed by atoms with Crippen molar-refractivity contribution in [3.63, 3.8) is 0 Å². The lowest BCUT2D eigenvalue weighted by molar-refractivity contribution is -0.333. The van der Waals surface area contributed by atoms with Crippen LogP contribution in [0.15, 0.2) is 0 Å². The molecular weight excluding hydrogens is 230 g/mol. The van der Waals surface area contributed by atoms with Gasteiger partial charge in [0, 0.05) is 26.4 Å². The molecule has 0 saturated carbocycles. The normalized spacial score (nSPS) is 36.0. The van der Waals surface area contributed by atoms with Gasteiger partial charge >= 0.3 is 0 Å². The standard InChI is InChI=1S/C14H24NO3/c1-12-10-13(2-6-17-7-3-13)15(16)14(11-12)4-8-18-9-5-14/h12H,2-11H2,1H3. The minimum Gasteiger partial charge on any atom is -0.381 e. The Hall–Kier alpha value is -0.160. The summed E-state index contributed by atoms with van der Waals surface area (Å²) < 4.78 is 10.9. The first kappa shape index (κ1) is 12.9. The molecule has 103 valence electrons. The Bertz CT molecular complexity index is 267. The van der Waals surface area contributed by atoms with Crippen molar-refractivity contribution < 1.29 is 14.7 Å². The van der Waals surface area contributed by atoms with Gasteiger partial charge < -0.3 is 9.47 Å². The van der Waals surface area contributed by atoms with Crippen LogP contribution in [0.4, 0.5) is 0 Å². The van der Waals surface area contributed by atoms with Crippen LogP contribution in [-0.2, 0) is 14.7 Å². The van der Waals surface area contributed by atoms with E-state index in [2.05, 4.69) is 6.92 Å². The van der Waals surface area contributed by atoms with Crippen molar-refractivity contribution in [2.75, 3.05) is 26.4 Å². The molecule has 3 heterocycles. The first-order valence-corrected chi connectivity index (χ1v) is 7.30. The molecule has 0 bridgehead atoms. The Kier molecular flexibility index (Phi) is 3.39. The lowest BCUT2D eigenvalue weighted by Gasteiger charge is -2.57. The molecule has 0 N–H and O–H groups in total. The largest absolute Gasteiger partial charge is 0.381 e. The van der Waals surface area contributed by atoms with E-state index < -0.39 is 0 Å². The van der Waals surface area contributed by atoms with E-state index in [1.54, 1.807) is 0 Å². The summed E-state index contributed by atoms with van der Waals surface area (Å²) in [6.07, 6.45) is 5.71. The Balaban J connectivity index is 1.86. The molecule has 3 aliphatic rings. The summed E-state index contributed by atoms with van der Waals surface area (Å²) in [6, 6.07) is 0. The topological polar surface area (TPSA) is 41.6 Å². The fourth-order valence-electron chi connectivity index (χ4n) is 4.36. The van der Waals surface area contributed by atoms with Gasteiger partial charge in [-0.05, 0) is 44.4 Å². The van der Waals surface area contributed by atoms with Gasteiger partial charge in [0.25, 0.3) is 0 Å². The Morgan fingerprint density at radius 1 is 0.889 bits per heavy atom. The highest BCUT2D eigenvalue weighted by Crippen LogP contribution is 2.49. The van der Waals surface area contributed by atoms with Crippen LogP contribution < -0.4 is 0 Å². The smallest absolute Gasteiger partial charge is 0.0546 e. The van der Waals surface area contributed by atoms with E-state index in [9.17, 15) is 5.21 Å². The van der Waals surface area contributed by atoms with Gasteiger partial charge in [0.05, 0.1) is 11.1 Å². The van der Waals surface area contributed by atoms with Crippen LogP contribution in [0.25, 0.3) is 0 Å². The zero-order chi connectivity index (χ0) is 12.6. The van der Waals surface area contributed by atoms with Gasteiger partial charge in [-0.3, -0.25) is 0 Å². The van der Waals surface area contributed by atoms with Gasteiger partial charge in [-0.15, -0.1) is 10.3 Å². The third-order valence-corrected chi connectivity index (χ3v) is 5.17. The average Bonchev–Trinajstić information content (AvgIpc) is 2.38. The van der Waals surface area contributed by atoms with E-state index in [4.69, 9.17) is 9.47 Å². The van der Waals surface area contributed by atoms with E-state index in [0.717, 1.165) is 65.0 Å². The number of hydrogen-bond acceptors (Lipinski definition) is 3. The second-order valence-electron chi connectivity index (χ2n) is 6.48. The van der Waals surface area contributed by atoms with Gasteiger partial charge in [-0.25, -0.2) is 0 Å². The van der Waals surface area contributed by atoms with Crippen molar-refractivity contribution in [1.82, 2.24) is 5.06 Å². The highest BCUT2D eigenvalue weighted by atomic mass is 16.5. The Morgan fingerprint density at radius 2 is 1.28 bits per heavy atom. The molecule has 0 aromatic carbocycles. The monoisotopic (exact) mass is 254 g/mol. The van der Waals surface area contributed by atoms with Gasteiger partial charge in [-0.2, -0.15) is 0 Å². The molecule has 0 unspecified atom stereocenters. The van der Waals surface area contributed by atoms with Crippen LogP contribution in [0.5, 0.6) is 0 Å². The van der Waals surface area contributed by atoms with E-state index in [0.29, 0.717) is 5.92 Å². The fourth-order valence-corrected chi connectivity index (χ4v) is 4.36. The van der Waals surface area contributed by atoms with E-state index in [1.165, 1.54) is 5.06 Å².